The molecule has 2 aromatic heterocycles. The molecule has 3 heterocycles. The largest absolute Gasteiger partial charge is 0.457 e. The van der Waals surface area contributed by atoms with Gasteiger partial charge in [0.2, 0.25) is 0 Å². The summed E-state index contributed by atoms with van der Waals surface area (Å²) in [5.41, 5.74) is 20.0. The van der Waals surface area contributed by atoms with Crippen LogP contribution in [-0.2, 0) is 16.2 Å². The summed E-state index contributed by atoms with van der Waals surface area (Å²) in [7, 11) is 0. The fraction of sp³-hybridized carbons (Fsp3) is 0.181. The van der Waals surface area contributed by atoms with Crippen molar-refractivity contribution in [1.29, 1.82) is 0 Å². The maximum Gasteiger partial charge on any atom is 0.137 e. The van der Waals surface area contributed by atoms with Crippen LogP contribution in [0.25, 0.3) is 72.1 Å². The van der Waals surface area contributed by atoms with Crippen molar-refractivity contribution >= 4 is 44.6 Å². The van der Waals surface area contributed by atoms with E-state index < -0.39 is 0 Å². The molecule has 0 saturated carbocycles. The van der Waals surface area contributed by atoms with Gasteiger partial charge >= 0.3 is 0 Å². The van der Waals surface area contributed by atoms with Gasteiger partial charge in [0.15, 0.2) is 0 Å². The number of fused-ring (bicyclic) bond motifs is 4. The average molecular weight is 1000 g/mol. The second-order valence-electron chi connectivity index (χ2n) is 23.7. The van der Waals surface area contributed by atoms with Crippen molar-refractivity contribution in [2.24, 2.45) is 0 Å². The summed E-state index contributed by atoms with van der Waals surface area (Å²) in [6.07, 6.45) is 2.05. The van der Waals surface area contributed by atoms with E-state index in [4.69, 9.17) is 9.72 Å². The lowest BCUT2D eigenvalue weighted by molar-refractivity contribution is 0.483. The first-order valence-corrected chi connectivity index (χ1v) is 27.0. The Morgan fingerprint density at radius 1 is 0.390 bits per heavy atom. The number of ether oxygens (including phenoxy) is 1. The average Bonchev–Trinajstić information content (AvgIpc) is 4.18. The number of benzene rings is 9. The summed E-state index contributed by atoms with van der Waals surface area (Å²) in [5.74, 6) is 2.39. The smallest absolute Gasteiger partial charge is 0.137 e. The number of hydrogen-bond acceptors (Lipinski definition) is 4. The zero-order valence-electron chi connectivity index (χ0n) is 45.8. The molecule has 0 amide bonds. The summed E-state index contributed by atoms with van der Waals surface area (Å²) in [5, 5.41) is 2.32. The Bertz CT molecular complexity index is 3980. The minimum Gasteiger partial charge on any atom is -0.457 e. The standard InChI is InChI=1S/C72H66N4O/c1-70(2,3)52-38-40-56(62(42-52)71(4,5)6)50-34-36-51(37-35-50)58-30-21-29-57(48-22-12-10-13-23-48)69(58)75-47-74(65-32-18-19-33-66(65)75)53-26-20-27-54(43-53)77-55-39-41-60-59-28-16-17-31-64(59)76(67(60)44-55)68-45-63(72(7,8)9)61(46-73-68)49-24-14-11-15-25-49/h10-46H,47H2,1-9H3. The Balaban J connectivity index is 0.903. The molecule has 1 aliphatic rings. The number of hydrogen-bond donors (Lipinski definition) is 0. The maximum atomic E-state index is 6.90. The molecule has 0 fully saturated rings. The van der Waals surface area contributed by atoms with Crippen LogP contribution in [0, 0.1) is 0 Å². The van der Waals surface area contributed by atoms with Gasteiger partial charge in [0.1, 0.15) is 24.0 Å². The van der Waals surface area contributed by atoms with Crippen molar-refractivity contribution in [3.8, 4) is 61.8 Å². The molecule has 0 bridgehead atoms. The molecule has 5 nitrogen and oxygen atoms in total. The highest BCUT2D eigenvalue weighted by molar-refractivity contribution is 6.09. The molecule has 0 atom stereocenters. The van der Waals surface area contributed by atoms with Crippen LogP contribution in [0.15, 0.2) is 225 Å². The van der Waals surface area contributed by atoms with Gasteiger partial charge in [-0.25, -0.2) is 4.98 Å². The molecule has 5 heteroatoms. The van der Waals surface area contributed by atoms with Crippen molar-refractivity contribution in [3.63, 3.8) is 0 Å². The van der Waals surface area contributed by atoms with E-state index in [1.165, 1.54) is 61.1 Å². The van der Waals surface area contributed by atoms with Gasteiger partial charge in [0, 0.05) is 51.5 Å². The van der Waals surface area contributed by atoms with Crippen molar-refractivity contribution < 1.29 is 4.74 Å². The third kappa shape index (κ3) is 9.24. The molecule has 0 aliphatic carbocycles. The van der Waals surface area contributed by atoms with Crippen LogP contribution < -0.4 is 14.5 Å². The molecule has 0 radical (unpaired) electrons. The molecule has 0 spiro atoms. The first-order valence-electron chi connectivity index (χ1n) is 27.0. The number of anilines is 4. The molecule has 11 aromatic rings. The first-order chi connectivity index (χ1) is 37.1. The van der Waals surface area contributed by atoms with Crippen molar-refractivity contribution in [1.82, 2.24) is 9.55 Å². The van der Waals surface area contributed by atoms with Crippen LogP contribution >= 0.6 is 0 Å². The van der Waals surface area contributed by atoms with E-state index in [-0.39, 0.29) is 16.2 Å². The summed E-state index contributed by atoms with van der Waals surface area (Å²) >= 11 is 0. The number of nitrogens with zero attached hydrogens (tertiary/aromatic N) is 4. The summed E-state index contributed by atoms with van der Waals surface area (Å²) in [6.45, 7) is 21.3. The predicted octanol–water partition coefficient (Wildman–Crippen LogP) is 19.8. The number of rotatable bonds is 9. The molecule has 9 aromatic carbocycles. The quantitative estimate of drug-likeness (QED) is 0.144. The van der Waals surface area contributed by atoms with Gasteiger partial charge in [-0.05, 0) is 109 Å². The second kappa shape index (κ2) is 19.2. The molecule has 12 rings (SSSR count). The highest BCUT2D eigenvalue weighted by Crippen LogP contribution is 2.51. The Labute approximate surface area is 454 Å². The lowest BCUT2D eigenvalue weighted by Gasteiger charge is -2.28. The van der Waals surface area contributed by atoms with E-state index in [0.29, 0.717) is 6.67 Å². The van der Waals surface area contributed by atoms with Crippen LogP contribution in [-0.4, -0.2) is 16.2 Å². The summed E-state index contributed by atoms with van der Waals surface area (Å²) in [4.78, 5) is 10.1. The Kier molecular flexibility index (Phi) is 12.3. The van der Waals surface area contributed by atoms with Crippen molar-refractivity contribution in [3.05, 3.63) is 241 Å². The molecule has 0 N–H and O–H groups in total. The van der Waals surface area contributed by atoms with Gasteiger partial charge < -0.3 is 14.5 Å². The molecule has 77 heavy (non-hydrogen) atoms. The zero-order chi connectivity index (χ0) is 53.2. The van der Waals surface area contributed by atoms with Crippen LogP contribution in [0.1, 0.15) is 79.0 Å². The van der Waals surface area contributed by atoms with Gasteiger partial charge in [-0.15, -0.1) is 0 Å². The van der Waals surface area contributed by atoms with Crippen molar-refractivity contribution in [2.45, 2.75) is 78.6 Å². The molecule has 0 saturated heterocycles. The van der Waals surface area contributed by atoms with E-state index in [1.54, 1.807) is 0 Å². The predicted molar refractivity (Wildman–Crippen MR) is 325 cm³/mol. The summed E-state index contributed by atoms with van der Waals surface area (Å²) < 4.78 is 9.19. The third-order valence-corrected chi connectivity index (χ3v) is 15.4. The Hall–Kier alpha value is -8.67. The Morgan fingerprint density at radius 2 is 0.935 bits per heavy atom. The first kappa shape index (κ1) is 49.2. The SMILES string of the molecule is CC(C)(C)c1ccc(-c2ccc(-c3cccc(-c4ccccc4)c3N3CN(c4cccc(Oc5ccc6c7ccccc7n(-c7cc(C(C)(C)C)c(-c8ccccc8)cn7)c6c5)c4)c4ccccc43)cc2)c(C(C)(C)C)c1. The lowest BCUT2D eigenvalue weighted by Crippen LogP contribution is -2.25. The highest BCUT2D eigenvalue weighted by atomic mass is 16.5. The monoisotopic (exact) mass is 1000 g/mol. The molecule has 1 aliphatic heterocycles. The maximum absolute atomic E-state index is 6.90. The Morgan fingerprint density at radius 3 is 1.60 bits per heavy atom. The van der Waals surface area contributed by atoms with Gasteiger partial charge in [-0.2, -0.15) is 0 Å². The minimum atomic E-state index is -0.120. The van der Waals surface area contributed by atoms with E-state index >= 15 is 0 Å². The van der Waals surface area contributed by atoms with E-state index in [0.717, 1.165) is 61.9 Å². The third-order valence-electron chi connectivity index (χ3n) is 15.4. The highest BCUT2D eigenvalue weighted by Gasteiger charge is 2.32. The fourth-order valence-corrected chi connectivity index (χ4v) is 11.4. The molecular formula is C72H66N4O. The lowest BCUT2D eigenvalue weighted by atomic mass is 9.77. The van der Waals surface area contributed by atoms with Crippen LogP contribution in [0.5, 0.6) is 11.5 Å². The van der Waals surface area contributed by atoms with Crippen LogP contribution in [0.4, 0.5) is 22.7 Å². The van der Waals surface area contributed by atoms with Gasteiger partial charge in [0.05, 0.1) is 28.1 Å². The van der Waals surface area contributed by atoms with Crippen molar-refractivity contribution in [2.75, 3.05) is 16.5 Å². The topological polar surface area (TPSA) is 33.5 Å². The minimum absolute atomic E-state index is 0.0179. The fourth-order valence-electron chi connectivity index (χ4n) is 11.4. The normalized spacial score (nSPS) is 12.9. The van der Waals surface area contributed by atoms with Crippen LogP contribution in [0.3, 0.4) is 0 Å². The van der Waals surface area contributed by atoms with E-state index in [9.17, 15) is 0 Å². The van der Waals surface area contributed by atoms with Gasteiger partial charge in [-0.1, -0.05) is 220 Å². The number of para-hydroxylation sites is 4. The van der Waals surface area contributed by atoms with Gasteiger partial charge in [-0.3, -0.25) is 4.57 Å². The zero-order valence-corrected chi connectivity index (χ0v) is 45.8. The number of pyridine rings is 1. The van der Waals surface area contributed by atoms with Gasteiger partial charge in [0.25, 0.3) is 0 Å². The second-order valence-corrected chi connectivity index (χ2v) is 23.7. The number of aromatic nitrogens is 2. The molecular weight excluding hydrogens is 937 g/mol. The van der Waals surface area contributed by atoms with E-state index in [1.807, 2.05) is 6.20 Å². The van der Waals surface area contributed by atoms with Crippen LogP contribution in [0.2, 0.25) is 0 Å². The molecule has 380 valence electrons. The summed E-state index contributed by atoms with van der Waals surface area (Å²) in [6, 6.07) is 79.1. The van der Waals surface area contributed by atoms with E-state index in [2.05, 4.69) is 295 Å². The molecule has 0 unspecified atom stereocenters.